The molecule has 20 heavy (non-hydrogen) atoms. The van der Waals surface area contributed by atoms with Crippen molar-refractivity contribution >= 4 is 28.1 Å². The number of thiazole rings is 1. The maximum Gasteiger partial charge on any atom is 0.227 e. The molecule has 1 aromatic carbocycles. The number of nitrogens with zero attached hydrogens (tertiary/aromatic N) is 1. The van der Waals surface area contributed by atoms with E-state index in [0.29, 0.717) is 5.13 Å². The van der Waals surface area contributed by atoms with Crippen molar-refractivity contribution in [1.82, 2.24) is 4.98 Å². The number of hydrogen-bond acceptors (Lipinski definition) is 4. The smallest absolute Gasteiger partial charge is 0.227 e. The normalized spacial score (nSPS) is 10.8. The second-order valence-electron chi connectivity index (χ2n) is 4.62. The maximum atomic E-state index is 12.2. The summed E-state index contributed by atoms with van der Waals surface area (Å²) in [5.74, 6) is 0.106. The van der Waals surface area contributed by atoms with Crippen LogP contribution in [0.2, 0.25) is 0 Å². The van der Waals surface area contributed by atoms with Gasteiger partial charge in [0.25, 0.3) is 0 Å². The van der Waals surface area contributed by atoms with Crippen molar-refractivity contribution in [2.75, 3.05) is 11.1 Å². The Morgan fingerprint density at radius 2 is 2.05 bits per heavy atom. The van der Waals surface area contributed by atoms with E-state index in [4.69, 9.17) is 5.73 Å². The summed E-state index contributed by atoms with van der Waals surface area (Å²) in [6, 6.07) is 7.67. The first-order chi connectivity index (χ1) is 9.65. The lowest BCUT2D eigenvalue weighted by Crippen LogP contribution is -2.21. The molecule has 2 rings (SSSR count). The molecule has 0 saturated carbocycles. The predicted molar refractivity (Wildman–Crippen MR) is 84.7 cm³/mol. The van der Waals surface area contributed by atoms with Gasteiger partial charge in [0.05, 0.1) is 11.4 Å². The number of anilines is 2. The van der Waals surface area contributed by atoms with Crippen LogP contribution in [-0.2, 0) is 4.79 Å². The monoisotopic (exact) mass is 289 g/mol. The summed E-state index contributed by atoms with van der Waals surface area (Å²) >= 11 is 1.40. The van der Waals surface area contributed by atoms with Gasteiger partial charge in [-0.15, -0.1) is 11.3 Å². The van der Waals surface area contributed by atoms with E-state index in [1.54, 1.807) is 0 Å². The Kier molecular flexibility index (Phi) is 4.74. The average molecular weight is 289 g/mol. The van der Waals surface area contributed by atoms with Gasteiger partial charge in [-0.05, 0) is 18.9 Å². The summed E-state index contributed by atoms with van der Waals surface area (Å²) in [6.45, 7) is 4.06. The molecule has 1 amide bonds. The lowest BCUT2D eigenvalue weighted by Gasteiger charge is -2.14. The molecule has 106 valence electrons. The molecule has 5 heteroatoms. The number of nitrogens with one attached hydrogen (secondary N) is 1. The standard InChI is InChI=1S/C15H19N3OS/c1-3-10(4-2)14(19)17-12-8-6-5-7-11(12)13-9-20-15(16)18-13/h5-10H,3-4H2,1-2H3,(H2,16,18)(H,17,19). The number of nitrogens with two attached hydrogens (primary N) is 1. The van der Waals surface area contributed by atoms with Crippen molar-refractivity contribution in [2.24, 2.45) is 5.92 Å². The zero-order valence-corrected chi connectivity index (χ0v) is 12.5. The molecule has 0 bridgehead atoms. The molecule has 0 atom stereocenters. The number of benzene rings is 1. The minimum Gasteiger partial charge on any atom is -0.375 e. The highest BCUT2D eigenvalue weighted by Crippen LogP contribution is 2.30. The largest absolute Gasteiger partial charge is 0.375 e. The van der Waals surface area contributed by atoms with Crippen LogP contribution in [0.15, 0.2) is 29.6 Å². The number of hydrogen-bond donors (Lipinski definition) is 2. The minimum absolute atomic E-state index is 0.0450. The van der Waals surface area contributed by atoms with E-state index < -0.39 is 0 Å². The molecular weight excluding hydrogens is 270 g/mol. The second kappa shape index (κ2) is 6.52. The highest BCUT2D eigenvalue weighted by Gasteiger charge is 2.16. The summed E-state index contributed by atoms with van der Waals surface area (Å²) in [6.07, 6.45) is 1.68. The summed E-state index contributed by atoms with van der Waals surface area (Å²) in [4.78, 5) is 16.5. The fourth-order valence-corrected chi connectivity index (χ4v) is 2.68. The van der Waals surface area contributed by atoms with Crippen LogP contribution >= 0.6 is 11.3 Å². The number of aromatic nitrogens is 1. The van der Waals surface area contributed by atoms with Gasteiger partial charge >= 0.3 is 0 Å². The molecule has 0 saturated heterocycles. The molecule has 3 N–H and O–H groups in total. The Morgan fingerprint density at radius 1 is 1.35 bits per heavy atom. The first kappa shape index (κ1) is 14.5. The Labute approximate surface area is 123 Å². The van der Waals surface area contributed by atoms with Crippen molar-refractivity contribution in [1.29, 1.82) is 0 Å². The average Bonchev–Trinajstić information content (AvgIpc) is 2.87. The van der Waals surface area contributed by atoms with Gasteiger partial charge in [0.15, 0.2) is 5.13 Å². The quantitative estimate of drug-likeness (QED) is 0.880. The van der Waals surface area contributed by atoms with Gasteiger partial charge in [-0.3, -0.25) is 4.79 Å². The second-order valence-corrected chi connectivity index (χ2v) is 5.51. The first-order valence-electron chi connectivity index (χ1n) is 6.77. The molecule has 1 aromatic heterocycles. The Morgan fingerprint density at radius 3 is 2.65 bits per heavy atom. The number of nitrogen functional groups attached to an aromatic ring is 1. The van der Waals surface area contributed by atoms with Crippen LogP contribution in [0.3, 0.4) is 0 Å². The van der Waals surface area contributed by atoms with Crippen molar-refractivity contribution in [3.63, 3.8) is 0 Å². The van der Waals surface area contributed by atoms with E-state index in [0.717, 1.165) is 29.8 Å². The number of carbonyl (C=O) groups excluding carboxylic acids is 1. The minimum atomic E-state index is 0.0450. The van der Waals surface area contributed by atoms with Crippen molar-refractivity contribution in [2.45, 2.75) is 26.7 Å². The van der Waals surface area contributed by atoms with E-state index in [1.807, 2.05) is 43.5 Å². The van der Waals surface area contributed by atoms with Gasteiger partial charge in [-0.25, -0.2) is 4.98 Å². The van der Waals surface area contributed by atoms with Crippen LogP contribution in [0.25, 0.3) is 11.3 Å². The van der Waals surface area contributed by atoms with Crippen LogP contribution < -0.4 is 11.1 Å². The Balaban J connectivity index is 2.27. The van der Waals surface area contributed by atoms with Gasteiger partial charge in [-0.1, -0.05) is 32.0 Å². The molecule has 2 aromatic rings. The number of carbonyl (C=O) groups is 1. The third-order valence-corrected chi connectivity index (χ3v) is 4.01. The van der Waals surface area contributed by atoms with E-state index in [-0.39, 0.29) is 11.8 Å². The Hall–Kier alpha value is -1.88. The van der Waals surface area contributed by atoms with E-state index in [1.165, 1.54) is 11.3 Å². The van der Waals surface area contributed by atoms with E-state index in [9.17, 15) is 4.79 Å². The van der Waals surface area contributed by atoms with Crippen LogP contribution in [0.4, 0.5) is 10.8 Å². The lowest BCUT2D eigenvalue weighted by atomic mass is 10.0. The van der Waals surface area contributed by atoms with Crippen LogP contribution in [0.5, 0.6) is 0 Å². The van der Waals surface area contributed by atoms with Crippen molar-refractivity contribution in [3.8, 4) is 11.3 Å². The molecule has 0 spiro atoms. The van der Waals surface area contributed by atoms with Gasteiger partial charge in [0.2, 0.25) is 5.91 Å². The molecule has 0 aliphatic carbocycles. The van der Waals surface area contributed by atoms with Crippen molar-refractivity contribution < 1.29 is 4.79 Å². The van der Waals surface area contributed by atoms with E-state index in [2.05, 4.69) is 10.3 Å². The predicted octanol–water partition coefficient (Wildman–Crippen LogP) is 3.77. The number of rotatable bonds is 5. The van der Waals surface area contributed by atoms with Crippen LogP contribution in [0.1, 0.15) is 26.7 Å². The van der Waals surface area contributed by atoms with Gasteiger partial charge < -0.3 is 11.1 Å². The van der Waals surface area contributed by atoms with E-state index >= 15 is 0 Å². The lowest BCUT2D eigenvalue weighted by molar-refractivity contribution is -0.120. The molecule has 0 aliphatic rings. The number of amides is 1. The fourth-order valence-electron chi connectivity index (χ4n) is 2.12. The summed E-state index contributed by atoms with van der Waals surface area (Å²) < 4.78 is 0. The molecule has 0 unspecified atom stereocenters. The molecule has 0 aliphatic heterocycles. The topological polar surface area (TPSA) is 68.0 Å². The molecular formula is C15H19N3OS. The summed E-state index contributed by atoms with van der Waals surface area (Å²) in [5, 5.41) is 5.43. The fraction of sp³-hybridized carbons (Fsp3) is 0.333. The van der Waals surface area contributed by atoms with Crippen LogP contribution in [-0.4, -0.2) is 10.9 Å². The molecule has 4 nitrogen and oxygen atoms in total. The van der Waals surface area contributed by atoms with Crippen molar-refractivity contribution in [3.05, 3.63) is 29.6 Å². The molecule has 0 fully saturated rings. The molecule has 1 heterocycles. The zero-order chi connectivity index (χ0) is 14.5. The SMILES string of the molecule is CCC(CC)C(=O)Nc1ccccc1-c1csc(N)n1. The first-order valence-corrected chi connectivity index (χ1v) is 7.64. The maximum absolute atomic E-state index is 12.2. The van der Waals surface area contributed by atoms with Gasteiger partial charge in [0.1, 0.15) is 0 Å². The summed E-state index contributed by atoms with van der Waals surface area (Å²) in [7, 11) is 0. The third kappa shape index (κ3) is 3.17. The summed E-state index contributed by atoms with van der Waals surface area (Å²) in [5.41, 5.74) is 8.17. The zero-order valence-electron chi connectivity index (χ0n) is 11.7. The van der Waals surface area contributed by atoms with Gasteiger partial charge in [0, 0.05) is 16.9 Å². The number of para-hydroxylation sites is 1. The van der Waals surface area contributed by atoms with Gasteiger partial charge in [-0.2, -0.15) is 0 Å². The highest BCUT2D eigenvalue weighted by molar-refractivity contribution is 7.13. The molecule has 0 radical (unpaired) electrons. The third-order valence-electron chi connectivity index (χ3n) is 3.34. The van der Waals surface area contributed by atoms with Crippen LogP contribution in [0, 0.1) is 5.92 Å². The highest BCUT2D eigenvalue weighted by atomic mass is 32.1. The Bertz CT molecular complexity index is 590.